The van der Waals surface area contributed by atoms with E-state index in [1.807, 2.05) is 18.3 Å². The summed E-state index contributed by atoms with van der Waals surface area (Å²) in [7, 11) is 0. The fraction of sp³-hybridized carbons (Fsp3) is 0.167. The number of para-hydroxylation sites is 1. The first-order valence-electron chi connectivity index (χ1n) is 6.79. The number of rotatable bonds is 3. The van der Waals surface area contributed by atoms with Crippen molar-refractivity contribution in [2.45, 2.75) is 19.3 Å². The molecule has 0 amide bonds. The van der Waals surface area contributed by atoms with Gasteiger partial charge in [-0.15, -0.1) is 0 Å². The highest BCUT2D eigenvalue weighted by Crippen LogP contribution is 2.25. The van der Waals surface area contributed by atoms with Gasteiger partial charge in [0.25, 0.3) is 0 Å². The molecule has 0 saturated carbocycles. The Balaban J connectivity index is 1.92. The summed E-state index contributed by atoms with van der Waals surface area (Å²) >= 11 is 0. The molecule has 0 radical (unpaired) electrons. The minimum atomic E-state index is -0.102. The lowest BCUT2D eigenvalue weighted by molar-refractivity contribution is 0.854. The molecule has 0 bridgehead atoms. The first-order chi connectivity index (χ1) is 9.78. The number of H-pyrrole nitrogens is 1. The second-order valence-electron chi connectivity index (χ2n) is 5.16. The third-order valence-corrected chi connectivity index (χ3v) is 3.73. The molecular weight excluding hydrogens is 244 g/mol. The molecule has 1 N–H and O–H groups in total. The van der Waals surface area contributed by atoms with Gasteiger partial charge in [0, 0.05) is 17.1 Å². The molecular formula is C18H16N2. The third kappa shape index (κ3) is 2.31. The standard InChI is InChI=1S/C18H16N2/c1-13-6-8-14(9-7-13)15(11-19)10-16-12-20-18-5-3-2-4-17(16)18/h2-9,12,15,20H,10H2,1H3. The van der Waals surface area contributed by atoms with Gasteiger partial charge >= 0.3 is 0 Å². The second-order valence-corrected chi connectivity index (χ2v) is 5.16. The van der Waals surface area contributed by atoms with Crippen LogP contribution in [0.2, 0.25) is 0 Å². The second kappa shape index (κ2) is 5.22. The van der Waals surface area contributed by atoms with E-state index in [4.69, 9.17) is 0 Å². The zero-order valence-corrected chi connectivity index (χ0v) is 11.4. The Morgan fingerprint density at radius 3 is 2.60 bits per heavy atom. The quantitative estimate of drug-likeness (QED) is 0.748. The van der Waals surface area contributed by atoms with Crippen LogP contribution in [0.25, 0.3) is 10.9 Å². The van der Waals surface area contributed by atoms with E-state index in [0.29, 0.717) is 0 Å². The van der Waals surface area contributed by atoms with Crippen molar-refractivity contribution in [3.05, 3.63) is 71.4 Å². The average molecular weight is 260 g/mol. The van der Waals surface area contributed by atoms with Crippen molar-refractivity contribution in [3.8, 4) is 6.07 Å². The zero-order chi connectivity index (χ0) is 13.9. The molecule has 1 unspecified atom stereocenters. The molecule has 98 valence electrons. The minimum Gasteiger partial charge on any atom is -0.361 e. The molecule has 1 atom stereocenters. The molecule has 0 saturated heterocycles. The Hall–Kier alpha value is -2.53. The molecule has 0 fully saturated rings. The van der Waals surface area contributed by atoms with Gasteiger partial charge in [0.2, 0.25) is 0 Å². The number of fused-ring (bicyclic) bond motifs is 1. The number of aromatic amines is 1. The van der Waals surface area contributed by atoms with Crippen molar-refractivity contribution < 1.29 is 0 Å². The van der Waals surface area contributed by atoms with Crippen molar-refractivity contribution >= 4 is 10.9 Å². The first kappa shape index (κ1) is 12.5. The predicted molar refractivity (Wildman–Crippen MR) is 81.5 cm³/mol. The number of aryl methyl sites for hydroxylation is 1. The highest BCUT2D eigenvalue weighted by molar-refractivity contribution is 5.83. The van der Waals surface area contributed by atoms with Gasteiger partial charge in [0.05, 0.1) is 12.0 Å². The van der Waals surface area contributed by atoms with Gasteiger partial charge in [0.15, 0.2) is 0 Å². The maximum Gasteiger partial charge on any atom is 0.0753 e. The molecule has 2 nitrogen and oxygen atoms in total. The molecule has 0 aliphatic heterocycles. The molecule has 2 heteroatoms. The number of nitrogens with one attached hydrogen (secondary N) is 1. The molecule has 1 heterocycles. The normalized spacial score (nSPS) is 12.2. The number of nitriles is 1. The lowest BCUT2D eigenvalue weighted by Gasteiger charge is -2.09. The van der Waals surface area contributed by atoms with E-state index in [9.17, 15) is 5.26 Å². The lowest BCUT2D eigenvalue weighted by Crippen LogP contribution is -2.00. The van der Waals surface area contributed by atoms with E-state index in [1.165, 1.54) is 16.5 Å². The van der Waals surface area contributed by atoms with Crippen LogP contribution in [0.5, 0.6) is 0 Å². The van der Waals surface area contributed by atoms with Gasteiger partial charge in [-0.2, -0.15) is 5.26 Å². The molecule has 3 aromatic rings. The average Bonchev–Trinajstić information content (AvgIpc) is 2.89. The maximum atomic E-state index is 9.46. The molecule has 0 spiro atoms. The Kier molecular flexibility index (Phi) is 3.26. The zero-order valence-electron chi connectivity index (χ0n) is 11.4. The molecule has 0 aliphatic carbocycles. The SMILES string of the molecule is Cc1ccc(C(C#N)Cc2c[nH]c3ccccc23)cc1. The van der Waals surface area contributed by atoms with Gasteiger partial charge in [-0.05, 0) is 30.5 Å². The topological polar surface area (TPSA) is 39.6 Å². The van der Waals surface area contributed by atoms with E-state index in [-0.39, 0.29) is 5.92 Å². The minimum absolute atomic E-state index is 0.102. The summed E-state index contributed by atoms with van der Waals surface area (Å²) in [5.74, 6) is -0.102. The molecule has 20 heavy (non-hydrogen) atoms. The number of aromatic nitrogens is 1. The van der Waals surface area contributed by atoms with Gasteiger partial charge in [-0.1, -0.05) is 48.0 Å². The number of hydrogen-bond donors (Lipinski definition) is 1. The van der Waals surface area contributed by atoms with E-state index in [1.54, 1.807) is 0 Å². The van der Waals surface area contributed by atoms with Crippen molar-refractivity contribution in [1.82, 2.24) is 4.98 Å². The van der Waals surface area contributed by atoms with Crippen LogP contribution < -0.4 is 0 Å². The number of benzene rings is 2. The number of hydrogen-bond acceptors (Lipinski definition) is 1. The van der Waals surface area contributed by atoms with Crippen LogP contribution >= 0.6 is 0 Å². The van der Waals surface area contributed by atoms with Crippen LogP contribution in [0.3, 0.4) is 0 Å². The van der Waals surface area contributed by atoms with Gasteiger partial charge < -0.3 is 4.98 Å². The van der Waals surface area contributed by atoms with Gasteiger partial charge in [0.1, 0.15) is 0 Å². The Morgan fingerprint density at radius 2 is 1.85 bits per heavy atom. The summed E-state index contributed by atoms with van der Waals surface area (Å²) in [6.07, 6.45) is 2.76. The van der Waals surface area contributed by atoms with Crippen molar-refractivity contribution in [3.63, 3.8) is 0 Å². The summed E-state index contributed by atoms with van der Waals surface area (Å²) in [6.45, 7) is 2.06. The predicted octanol–water partition coefficient (Wildman–Crippen LogP) is 4.33. The fourth-order valence-electron chi connectivity index (χ4n) is 2.56. The van der Waals surface area contributed by atoms with Gasteiger partial charge in [-0.25, -0.2) is 0 Å². The summed E-state index contributed by atoms with van der Waals surface area (Å²) in [5, 5.41) is 10.7. The van der Waals surface area contributed by atoms with Crippen LogP contribution in [0.4, 0.5) is 0 Å². The molecule has 3 rings (SSSR count). The lowest BCUT2D eigenvalue weighted by atomic mass is 9.92. The van der Waals surface area contributed by atoms with E-state index < -0.39 is 0 Å². The van der Waals surface area contributed by atoms with E-state index >= 15 is 0 Å². The maximum absolute atomic E-state index is 9.46. The van der Waals surface area contributed by atoms with Crippen LogP contribution in [0, 0.1) is 18.3 Å². The summed E-state index contributed by atoms with van der Waals surface area (Å²) < 4.78 is 0. The first-order valence-corrected chi connectivity index (χ1v) is 6.79. The summed E-state index contributed by atoms with van der Waals surface area (Å²) in [6, 6.07) is 18.9. The smallest absolute Gasteiger partial charge is 0.0753 e. The monoisotopic (exact) mass is 260 g/mol. The largest absolute Gasteiger partial charge is 0.361 e. The van der Waals surface area contributed by atoms with Crippen LogP contribution in [-0.4, -0.2) is 4.98 Å². The molecule has 1 aromatic heterocycles. The van der Waals surface area contributed by atoms with Crippen molar-refractivity contribution in [1.29, 1.82) is 5.26 Å². The Labute approximate surface area is 118 Å². The van der Waals surface area contributed by atoms with Crippen LogP contribution in [-0.2, 0) is 6.42 Å². The van der Waals surface area contributed by atoms with Crippen LogP contribution in [0.1, 0.15) is 22.6 Å². The Morgan fingerprint density at radius 1 is 1.10 bits per heavy atom. The summed E-state index contributed by atoms with van der Waals surface area (Å²) in [5.41, 5.74) is 4.64. The highest BCUT2D eigenvalue weighted by atomic mass is 14.7. The highest BCUT2D eigenvalue weighted by Gasteiger charge is 2.13. The van der Waals surface area contributed by atoms with Crippen molar-refractivity contribution in [2.75, 3.05) is 0 Å². The van der Waals surface area contributed by atoms with E-state index in [0.717, 1.165) is 17.5 Å². The molecule has 0 aliphatic rings. The molecule has 2 aromatic carbocycles. The Bertz CT molecular complexity index is 760. The van der Waals surface area contributed by atoms with Crippen LogP contribution in [0.15, 0.2) is 54.7 Å². The third-order valence-electron chi connectivity index (χ3n) is 3.73. The summed E-state index contributed by atoms with van der Waals surface area (Å²) in [4.78, 5) is 3.27. The van der Waals surface area contributed by atoms with Gasteiger partial charge in [-0.3, -0.25) is 0 Å². The van der Waals surface area contributed by atoms with Crippen molar-refractivity contribution in [2.24, 2.45) is 0 Å². The fourth-order valence-corrected chi connectivity index (χ4v) is 2.56. The van der Waals surface area contributed by atoms with E-state index in [2.05, 4.69) is 54.4 Å². The number of nitrogens with zero attached hydrogens (tertiary/aromatic N) is 1.